The third-order valence-corrected chi connectivity index (χ3v) is 2.60. The molecule has 0 unspecified atom stereocenters. The number of furan rings is 1. The molecular weight excluding hydrogens is 294 g/mol. The topological polar surface area (TPSA) is 130 Å². The largest absolute Gasteiger partial charge is 0.865 e. The molecule has 0 spiro atoms. The van der Waals surface area contributed by atoms with Gasteiger partial charge in [0.25, 0.3) is 5.69 Å². The Kier molecular flexibility index (Phi) is 4.37. The lowest BCUT2D eigenvalue weighted by Crippen LogP contribution is -2.16. The van der Waals surface area contributed by atoms with Crippen LogP contribution in [0.15, 0.2) is 40.0 Å². The molecule has 0 bridgehead atoms. The second-order valence-electron chi connectivity index (χ2n) is 4.00. The molecule has 1 aromatic carbocycles. The molecule has 0 saturated heterocycles. The van der Waals surface area contributed by atoms with Gasteiger partial charge < -0.3 is 14.3 Å². The minimum Gasteiger partial charge on any atom is -0.865 e. The standard InChI is InChI=1S/C13H11N3O6/c1-21-11-6-8(5-9(12(11)17)16(19)20)7-14-15-13(18)10-3-2-4-22-10/h2-7,17H,1H3,(H,15,18)/p-1/b14-7-. The van der Waals surface area contributed by atoms with Crippen LogP contribution in [-0.2, 0) is 0 Å². The van der Waals surface area contributed by atoms with Crippen molar-refractivity contribution in [2.24, 2.45) is 5.10 Å². The van der Waals surface area contributed by atoms with E-state index in [2.05, 4.69) is 10.5 Å². The lowest BCUT2D eigenvalue weighted by molar-refractivity contribution is -0.398. The number of nitro groups is 1. The molecule has 1 amide bonds. The van der Waals surface area contributed by atoms with Crippen molar-refractivity contribution in [1.82, 2.24) is 5.43 Å². The van der Waals surface area contributed by atoms with Crippen LogP contribution in [0.25, 0.3) is 0 Å². The van der Waals surface area contributed by atoms with E-state index in [4.69, 9.17) is 9.15 Å². The summed E-state index contributed by atoms with van der Waals surface area (Å²) >= 11 is 0. The summed E-state index contributed by atoms with van der Waals surface area (Å²) in [4.78, 5) is 21.5. The van der Waals surface area contributed by atoms with Gasteiger partial charge in [0.1, 0.15) is 5.75 Å². The van der Waals surface area contributed by atoms with Crippen LogP contribution in [0.1, 0.15) is 16.1 Å². The van der Waals surface area contributed by atoms with Crippen LogP contribution in [-0.4, -0.2) is 24.2 Å². The number of rotatable bonds is 5. The van der Waals surface area contributed by atoms with Crippen LogP contribution in [0.5, 0.6) is 11.5 Å². The maximum Gasteiger partial charge on any atom is 0.307 e. The molecule has 9 nitrogen and oxygen atoms in total. The smallest absolute Gasteiger partial charge is 0.307 e. The van der Waals surface area contributed by atoms with Gasteiger partial charge in [0.2, 0.25) is 0 Å². The van der Waals surface area contributed by atoms with Crippen molar-refractivity contribution >= 4 is 17.8 Å². The van der Waals surface area contributed by atoms with Crippen molar-refractivity contribution in [2.45, 2.75) is 0 Å². The first kappa shape index (κ1) is 15.0. The monoisotopic (exact) mass is 304 g/mol. The minimum atomic E-state index is -0.829. The Labute approximate surface area is 124 Å². The van der Waals surface area contributed by atoms with Gasteiger partial charge in [-0.05, 0) is 18.2 Å². The van der Waals surface area contributed by atoms with E-state index in [1.165, 1.54) is 25.5 Å². The number of benzene rings is 1. The summed E-state index contributed by atoms with van der Waals surface area (Å²) in [6.45, 7) is 0. The highest BCUT2D eigenvalue weighted by Crippen LogP contribution is 2.33. The highest BCUT2D eigenvalue weighted by molar-refractivity contribution is 5.92. The van der Waals surface area contributed by atoms with E-state index >= 15 is 0 Å². The molecule has 9 heteroatoms. The SMILES string of the molecule is COc1cc(/C=N\NC(=O)c2ccco2)cc([N+](=O)[O-])c1[O-]. The molecule has 0 atom stereocenters. The van der Waals surface area contributed by atoms with Crippen LogP contribution >= 0.6 is 0 Å². The van der Waals surface area contributed by atoms with Crippen LogP contribution in [0, 0.1) is 10.1 Å². The first-order valence-electron chi connectivity index (χ1n) is 5.93. The molecule has 1 N–H and O–H groups in total. The van der Waals surface area contributed by atoms with Crippen LogP contribution in [0.3, 0.4) is 0 Å². The summed E-state index contributed by atoms with van der Waals surface area (Å²) in [5, 5.41) is 26.1. The van der Waals surface area contributed by atoms with Crippen molar-refractivity contribution in [2.75, 3.05) is 7.11 Å². The minimum absolute atomic E-state index is 0.0654. The zero-order valence-corrected chi connectivity index (χ0v) is 11.3. The normalized spacial score (nSPS) is 10.6. The summed E-state index contributed by atoms with van der Waals surface area (Å²) in [5.41, 5.74) is 1.77. The quantitative estimate of drug-likeness (QED) is 0.499. The fourth-order valence-electron chi connectivity index (χ4n) is 1.60. The van der Waals surface area contributed by atoms with Crippen molar-refractivity contribution in [1.29, 1.82) is 0 Å². The highest BCUT2D eigenvalue weighted by Gasteiger charge is 2.13. The van der Waals surface area contributed by atoms with E-state index in [9.17, 15) is 20.0 Å². The van der Waals surface area contributed by atoms with Gasteiger partial charge in [0.15, 0.2) is 5.76 Å². The number of carbonyl (C=O) groups is 1. The summed E-state index contributed by atoms with van der Waals surface area (Å²) in [6, 6.07) is 5.30. The van der Waals surface area contributed by atoms with E-state index in [0.717, 1.165) is 12.3 Å². The molecule has 0 aliphatic heterocycles. The lowest BCUT2D eigenvalue weighted by atomic mass is 10.2. The Balaban J connectivity index is 2.18. The van der Waals surface area contributed by atoms with E-state index < -0.39 is 22.3 Å². The molecule has 1 aromatic heterocycles. The average molecular weight is 304 g/mol. The van der Waals surface area contributed by atoms with Gasteiger partial charge in [-0.3, -0.25) is 14.9 Å². The number of nitrogens with one attached hydrogen (secondary N) is 1. The van der Waals surface area contributed by atoms with Crippen molar-refractivity contribution < 1.29 is 24.0 Å². The Morgan fingerprint density at radius 3 is 2.86 bits per heavy atom. The summed E-state index contributed by atoms with van der Waals surface area (Å²) in [6.07, 6.45) is 2.48. The third kappa shape index (κ3) is 3.20. The zero-order chi connectivity index (χ0) is 16.1. The Morgan fingerprint density at radius 1 is 1.50 bits per heavy atom. The van der Waals surface area contributed by atoms with E-state index in [1.807, 2.05) is 0 Å². The first-order valence-corrected chi connectivity index (χ1v) is 5.93. The Morgan fingerprint density at radius 2 is 2.27 bits per heavy atom. The van der Waals surface area contributed by atoms with Gasteiger partial charge in [-0.1, -0.05) is 0 Å². The molecular formula is C13H10N3O6-. The molecule has 0 fully saturated rings. The number of hydrazone groups is 1. The predicted molar refractivity (Wildman–Crippen MR) is 72.9 cm³/mol. The molecule has 2 aromatic rings. The first-order chi connectivity index (χ1) is 10.5. The Bertz CT molecular complexity index is 724. The summed E-state index contributed by atoms with van der Waals surface area (Å²) in [7, 11) is 1.22. The number of carbonyl (C=O) groups excluding carboxylic acids is 1. The average Bonchev–Trinajstić information content (AvgIpc) is 3.02. The fourth-order valence-corrected chi connectivity index (χ4v) is 1.60. The second-order valence-corrected chi connectivity index (χ2v) is 4.00. The maximum atomic E-state index is 11.6. The zero-order valence-electron chi connectivity index (χ0n) is 11.3. The third-order valence-electron chi connectivity index (χ3n) is 2.60. The van der Waals surface area contributed by atoms with Gasteiger partial charge in [-0.25, -0.2) is 5.43 Å². The number of amides is 1. The fraction of sp³-hybridized carbons (Fsp3) is 0.0769. The number of nitro benzene ring substituents is 1. The van der Waals surface area contributed by atoms with Crippen LogP contribution in [0.2, 0.25) is 0 Å². The van der Waals surface area contributed by atoms with Gasteiger partial charge in [-0.2, -0.15) is 5.10 Å². The number of methoxy groups -OCH3 is 1. The van der Waals surface area contributed by atoms with Gasteiger partial charge in [0, 0.05) is 17.4 Å². The molecule has 0 radical (unpaired) electrons. The maximum absolute atomic E-state index is 11.6. The molecule has 2 rings (SSSR count). The number of ether oxygens (including phenoxy) is 1. The second kappa shape index (κ2) is 6.39. The molecule has 1 heterocycles. The van der Waals surface area contributed by atoms with E-state index in [1.54, 1.807) is 6.07 Å². The number of nitrogens with zero attached hydrogens (tertiary/aromatic N) is 2. The van der Waals surface area contributed by atoms with E-state index in [0.29, 0.717) is 0 Å². The predicted octanol–water partition coefficient (Wildman–Crippen LogP) is 1.03. The van der Waals surface area contributed by atoms with Crippen molar-refractivity contribution in [3.05, 3.63) is 52.0 Å². The van der Waals surface area contributed by atoms with E-state index in [-0.39, 0.29) is 17.1 Å². The highest BCUT2D eigenvalue weighted by atomic mass is 16.6. The molecule has 114 valence electrons. The van der Waals surface area contributed by atoms with Crippen molar-refractivity contribution in [3.8, 4) is 11.5 Å². The number of hydrogen-bond acceptors (Lipinski definition) is 7. The van der Waals surface area contributed by atoms with Gasteiger partial charge in [0.05, 0.1) is 24.5 Å². The van der Waals surface area contributed by atoms with Gasteiger partial charge in [-0.15, -0.1) is 0 Å². The van der Waals surface area contributed by atoms with Crippen molar-refractivity contribution in [3.63, 3.8) is 0 Å². The lowest BCUT2D eigenvalue weighted by Gasteiger charge is -2.12. The summed E-state index contributed by atoms with van der Waals surface area (Å²) in [5.74, 6) is -1.53. The van der Waals surface area contributed by atoms with Crippen LogP contribution < -0.4 is 15.3 Å². The number of hydrogen-bond donors (Lipinski definition) is 1. The molecule has 0 aliphatic carbocycles. The summed E-state index contributed by atoms with van der Waals surface area (Å²) < 4.78 is 9.65. The Hall–Kier alpha value is -3.36. The molecule has 22 heavy (non-hydrogen) atoms. The van der Waals surface area contributed by atoms with Gasteiger partial charge >= 0.3 is 5.91 Å². The molecule has 0 saturated carbocycles. The molecule has 0 aliphatic rings. The van der Waals surface area contributed by atoms with Crippen LogP contribution in [0.4, 0.5) is 5.69 Å².